The van der Waals surface area contributed by atoms with Crippen LogP contribution in [0.1, 0.15) is 52.1 Å². The highest BCUT2D eigenvalue weighted by atomic mass is 16.3. The Kier molecular flexibility index (Phi) is 3.80. The van der Waals surface area contributed by atoms with E-state index in [2.05, 4.69) is 30.3 Å². The summed E-state index contributed by atoms with van der Waals surface area (Å²) >= 11 is 0. The maximum Gasteiger partial charge on any atom is 0.138 e. The van der Waals surface area contributed by atoms with Gasteiger partial charge < -0.3 is 15.4 Å². The Morgan fingerprint density at radius 2 is 2.00 bits per heavy atom. The van der Waals surface area contributed by atoms with E-state index in [0.29, 0.717) is 23.5 Å². The van der Waals surface area contributed by atoms with Gasteiger partial charge in [0, 0.05) is 11.7 Å². The van der Waals surface area contributed by atoms with Gasteiger partial charge in [0.2, 0.25) is 0 Å². The molecule has 19 heavy (non-hydrogen) atoms. The molecule has 4 nitrogen and oxygen atoms in total. The molecule has 0 spiro atoms. The molecular weight excluding hydrogens is 238 g/mol. The van der Waals surface area contributed by atoms with E-state index in [4.69, 9.17) is 5.73 Å². The lowest BCUT2D eigenvalue weighted by atomic mass is 10.00. The molecule has 0 radical (unpaired) electrons. The molecule has 2 aromatic rings. The predicted octanol–water partition coefficient (Wildman–Crippen LogP) is 3.28. The molecule has 1 aromatic carbocycles. The van der Waals surface area contributed by atoms with Crippen LogP contribution in [0.2, 0.25) is 0 Å². The predicted molar refractivity (Wildman–Crippen MR) is 78.9 cm³/mol. The summed E-state index contributed by atoms with van der Waals surface area (Å²) in [6.07, 6.45) is 0.509. The normalized spacial score (nSPS) is 16.5. The average molecular weight is 261 g/mol. The van der Waals surface area contributed by atoms with E-state index in [1.165, 1.54) is 0 Å². The van der Waals surface area contributed by atoms with Crippen LogP contribution >= 0.6 is 0 Å². The van der Waals surface area contributed by atoms with E-state index in [9.17, 15) is 5.11 Å². The Hall–Kier alpha value is -1.55. The number of imidazole rings is 1. The molecule has 3 unspecified atom stereocenters. The summed E-state index contributed by atoms with van der Waals surface area (Å²) < 4.78 is 2.15. The van der Waals surface area contributed by atoms with Crippen molar-refractivity contribution in [2.24, 2.45) is 5.92 Å². The standard InChI is InChI=1S/C15H23N3O/c1-5-9(2)10(3)18-14-7-6-12(16)8-13(14)17-15(18)11(4)19/h6-11,19H,5,16H2,1-4H3. The third-order valence-corrected chi connectivity index (χ3v) is 3.99. The van der Waals surface area contributed by atoms with Gasteiger partial charge in [0.1, 0.15) is 11.9 Å². The van der Waals surface area contributed by atoms with E-state index >= 15 is 0 Å². The van der Waals surface area contributed by atoms with Crippen LogP contribution in [-0.4, -0.2) is 14.7 Å². The first kappa shape index (κ1) is 13.9. The first-order valence-electron chi connectivity index (χ1n) is 6.91. The second kappa shape index (κ2) is 5.21. The van der Waals surface area contributed by atoms with Crippen molar-refractivity contribution in [1.82, 2.24) is 9.55 Å². The molecule has 0 saturated carbocycles. The number of anilines is 1. The highest BCUT2D eigenvalue weighted by molar-refractivity contribution is 5.80. The number of nitrogen functional groups attached to an aromatic ring is 1. The molecular formula is C15H23N3O. The van der Waals surface area contributed by atoms with Gasteiger partial charge in [-0.15, -0.1) is 0 Å². The number of nitrogens with zero attached hydrogens (tertiary/aromatic N) is 2. The number of aliphatic hydroxyl groups is 1. The molecule has 1 aromatic heterocycles. The number of benzene rings is 1. The summed E-state index contributed by atoms with van der Waals surface area (Å²) in [5.74, 6) is 1.24. The fraction of sp³-hybridized carbons (Fsp3) is 0.533. The van der Waals surface area contributed by atoms with Crippen molar-refractivity contribution in [3.05, 3.63) is 24.0 Å². The molecule has 3 atom stereocenters. The van der Waals surface area contributed by atoms with Crippen LogP contribution in [0.25, 0.3) is 11.0 Å². The van der Waals surface area contributed by atoms with Crippen LogP contribution in [0.4, 0.5) is 5.69 Å². The number of aliphatic hydroxyl groups excluding tert-OH is 1. The Morgan fingerprint density at radius 1 is 1.32 bits per heavy atom. The molecule has 1 heterocycles. The van der Waals surface area contributed by atoms with Gasteiger partial charge in [-0.05, 0) is 38.0 Å². The first-order valence-corrected chi connectivity index (χ1v) is 6.91. The summed E-state index contributed by atoms with van der Waals surface area (Å²) in [6, 6.07) is 6.03. The molecule has 0 aliphatic rings. The van der Waals surface area contributed by atoms with Crippen LogP contribution in [0.15, 0.2) is 18.2 Å². The van der Waals surface area contributed by atoms with Crippen LogP contribution in [0.5, 0.6) is 0 Å². The van der Waals surface area contributed by atoms with E-state index < -0.39 is 6.10 Å². The SMILES string of the molecule is CCC(C)C(C)n1c(C(C)O)nc2cc(N)ccc21. The van der Waals surface area contributed by atoms with Crippen molar-refractivity contribution in [3.8, 4) is 0 Å². The number of fused-ring (bicyclic) bond motifs is 1. The highest BCUT2D eigenvalue weighted by Crippen LogP contribution is 2.30. The molecule has 0 bridgehead atoms. The second-order valence-corrected chi connectivity index (χ2v) is 5.39. The Bertz CT molecular complexity index is 574. The van der Waals surface area contributed by atoms with E-state index in [1.807, 2.05) is 18.2 Å². The summed E-state index contributed by atoms with van der Waals surface area (Å²) in [5, 5.41) is 9.96. The summed E-state index contributed by atoms with van der Waals surface area (Å²) in [5.41, 5.74) is 8.40. The van der Waals surface area contributed by atoms with E-state index in [1.54, 1.807) is 6.92 Å². The zero-order chi connectivity index (χ0) is 14.2. The van der Waals surface area contributed by atoms with Crippen molar-refractivity contribution in [1.29, 1.82) is 0 Å². The molecule has 2 rings (SSSR count). The Morgan fingerprint density at radius 3 is 2.58 bits per heavy atom. The number of hydrogen-bond acceptors (Lipinski definition) is 3. The van der Waals surface area contributed by atoms with Gasteiger partial charge in [-0.1, -0.05) is 20.3 Å². The lowest BCUT2D eigenvalue weighted by Gasteiger charge is -2.24. The Labute approximate surface area is 114 Å². The quantitative estimate of drug-likeness (QED) is 0.830. The van der Waals surface area contributed by atoms with Gasteiger partial charge in [0.15, 0.2) is 0 Å². The first-order chi connectivity index (χ1) is 8.95. The van der Waals surface area contributed by atoms with Gasteiger partial charge in [0.25, 0.3) is 0 Å². The fourth-order valence-electron chi connectivity index (χ4n) is 2.45. The lowest BCUT2D eigenvalue weighted by Crippen LogP contribution is -2.17. The molecule has 3 N–H and O–H groups in total. The summed E-state index contributed by atoms with van der Waals surface area (Å²) in [4.78, 5) is 4.54. The van der Waals surface area contributed by atoms with Gasteiger partial charge in [-0.2, -0.15) is 0 Å². The number of rotatable bonds is 4. The minimum absolute atomic E-state index is 0.295. The minimum Gasteiger partial charge on any atom is -0.399 e. The molecule has 0 aliphatic heterocycles. The second-order valence-electron chi connectivity index (χ2n) is 5.39. The van der Waals surface area contributed by atoms with Crippen molar-refractivity contribution >= 4 is 16.7 Å². The smallest absolute Gasteiger partial charge is 0.138 e. The topological polar surface area (TPSA) is 64.1 Å². The van der Waals surface area contributed by atoms with Gasteiger partial charge in [-0.25, -0.2) is 4.98 Å². The van der Waals surface area contributed by atoms with Crippen molar-refractivity contribution in [2.75, 3.05) is 5.73 Å². The lowest BCUT2D eigenvalue weighted by molar-refractivity contribution is 0.178. The average Bonchev–Trinajstić information content (AvgIpc) is 2.75. The summed E-state index contributed by atoms with van der Waals surface area (Å²) in [6.45, 7) is 8.34. The molecule has 0 saturated heterocycles. The number of hydrogen-bond donors (Lipinski definition) is 2. The van der Waals surface area contributed by atoms with Crippen LogP contribution in [0, 0.1) is 5.92 Å². The van der Waals surface area contributed by atoms with Crippen LogP contribution in [-0.2, 0) is 0 Å². The maximum absolute atomic E-state index is 9.96. The van der Waals surface area contributed by atoms with Gasteiger partial charge in [-0.3, -0.25) is 0 Å². The third kappa shape index (κ3) is 2.45. The van der Waals surface area contributed by atoms with Crippen LogP contribution in [0.3, 0.4) is 0 Å². The van der Waals surface area contributed by atoms with E-state index in [0.717, 1.165) is 17.5 Å². The van der Waals surface area contributed by atoms with Gasteiger partial charge >= 0.3 is 0 Å². The van der Waals surface area contributed by atoms with Crippen molar-refractivity contribution in [2.45, 2.75) is 46.3 Å². The van der Waals surface area contributed by atoms with Crippen LogP contribution < -0.4 is 5.73 Å². The fourth-order valence-corrected chi connectivity index (χ4v) is 2.45. The third-order valence-electron chi connectivity index (χ3n) is 3.99. The number of nitrogens with two attached hydrogens (primary N) is 1. The monoisotopic (exact) mass is 261 g/mol. The van der Waals surface area contributed by atoms with Crippen molar-refractivity contribution in [3.63, 3.8) is 0 Å². The number of aromatic nitrogens is 2. The molecule has 0 fully saturated rings. The maximum atomic E-state index is 9.96. The Balaban J connectivity index is 2.65. The molecule has 104 valence electrons. The summed E-state index contributed by atoms with van der Waals surface area (Å²) in [7, 11) is 0. The zero-order valence-corrected chi connectivity index (χ0v) is 12.1. The largest absolute Gasteiger partial charge is 0.399 e. The molecule has 0 aliphatic carbocycles. The highest BCUT2D eigenvalue weighted by Gasteiger charge is 2.21. The van der Waals surface area contributed by atoms with E-state index in [-0.39, 0.29) is 0 Å². The van der Waals surface area contributed by atoms with Gasteiger partial charge in [0.05, 0.1) is 11.0 Å². The minimum atomic E-state index is -0.583. The molecule has 0 amide bonds. The zero-order valence-electron chi connectivity index (χ0n) is 12.1. The van der Waals surface area contributed by atoms with Crippen molar-refractivity contribution < 1.29 is 5.11 Å². The molecule has 4 heteroatoms.